The highest BCUT2D eigenvalue weighted by molar-refractivity contribution is 8.17. The first-order valence-electron chi connectivity index (χ1n) is 8.31. The van der Waals surface area contributed by atoms with Gasteiger partial charge in [-0.1, -0.05) is 0 Å². The van der Waals surface area contributed by atoms with Gasteiger partial charge in [-0.25, -0.2) is 8.78 Å². The molecule has 10 heteroatoms. The second-order valence-corrected chi connectivity index (χ2v) is 9.59. The Kier molecular flexibility index (Phi) is 7.24. The van der Waals surface area contributed by atoms with Gasteiger partial charge < -0.3 is 14.2 Å². The molecule has 2 aliphatic heterocycles. The van der Waals surface area contributed by atoms with Crippen LogP contribution in [0.2, 0.25) is 0 Å². The minimum absolute atomic E-state index is 0.0113. The first kappa shape index (κ1) is 21.5. The van der Waals surface area contributed by atoms with Crippen molar-refractivity contribution in [3.8, 4) is 0 Å². The van der Waals surface area contributed by atoms with E-state index in [1.54, 1.807) is 7.11 Å². The highest BCUT2D eigenvalue weighted by Gasteiger charge is 2.37. The minimum Gasteiger partial charge on any atom is -0.384 e. The van der Waals surface area contributed by atoms with E-state index in [1.165, 1.54) is 0 Å². The first-order valence-corrected chi connectivity index (χ1v) is 10.8. The number of ether oxygens (including phenoxy) is 3. The summed E-state index contributed by atoms with van der Waals surface area (Å²) in [7, 11) is 1.69. The lowest BCUT2D eigenvalue weighted by Gasteiger charge is -2.37. The third-order valence-corrected chi connectivity index (χ3v) is 8.08. The van der Waals surface area contributed by atoms with Gasteiger partial charge >= 0.3 is 5.38 Å². The minimum atomic E-state index is -4.12. The molecule has 0 spiro atoms. The molecule has 2 heterocycles. The molecule has 0 N–H and O–H groups in total. The number of rotatable bonds is 5. The van der Waals surface area contributed by atoms with Gasteiger partial charge in [0.15, 0.2) is 6.29 Å². The maximum atomic E-state index is 13.9. The molecule has 2 saturated heterocycles. The van der Waals surface area contributed by atoms with Gasteiger partial charge in [-0.2, -0.15) is 8.78 Å². The number of benzene rings is 1. The van der Waals surface area contributed by atoms with Gasteiger partial charge in [0.1, 0.15) is 17.2 Å². The second-order valence-electron chi connectivity index (χ2n) is 6.47. The smallest absolute Gasteiger partial charge is 0.353 e. The van der Waals surface area contributed by atoms with Crippen LogP contribution in [0.3, 0.4) is 0 Å². The molecule has 152 valence electrons. The van der Waals surface area contributed by atoms with E-state index in [4.69, 9.17) is 25.8 Å². The molecule has 0 bridgehead atoms. The number of methoxy groups -OCH3 is 1. The molecule has 3 nitrogen and oxygen atoms in total. The van der Waals surface area contributed by atoms with E-state index in [1.807, 2.05) is 23.5 Å². The molecule has 0 atom stereocenters. The SMILES string of the molecule is COCC1CSC(C2COC(c3cc(F)c(C(F)(F)Cl)c(F)c3)OC2)SC1. The van der Waals surface area contributed by atoms with E-state index in [0.29, 0.717) is 23.7 Å². The Balaban J connectivity index is 1.58. The van der Waals surface area contributed by atoms with E-state index >= 15 is 0 Å². The Morgan fingerprint density at radius 1 is 1.15 bits per heavy atom. The lowest BCUT2D eigenvalue weighted by molar-refractivity contribution is -0.202. The molecule has 0 amide bonds. The topological polar surface area (TPSA) is 27.7 Å². The Labute approximate surface area is 168 Å². The molecule has 3 rings (SSSR count). The Hall–Kier alpha value is -0.190. The molecule has 1 aromatic rings. The van der Waals surface area contributed by atoms with Crippen LogP contribution >= 0.6 is 35.1 Å². The summed E-state index contributed by atoms with van der Waals surface area (Å²) in [5.41, 5.74) is -1.46. The fourth-order valence-electron chi connectivity index (χ4n) is 3.03. The van der Waals surface area contributed by atoms with Crippen LogP contribution in [0.5, 0.6) is 0 Å². The monoisotopic (exact) mass is 446 g/mol. The largest absolute Gasteiger partial charge is 0.384 e. The van der Waals surface area contributed by atoms with Crippen molar-refractivity contribution in [3.05, 3.63) is 34.9 Å². The van der Waals surface area contributed by atoms with Crippen LogP contribution in [0.25, 0.3) is 0 Å². The number of hydrogen-bond donors (Lipinski definition) is 0. The summed E-state index contributed by atoms with van der Waals surface area (Å²) >= 11 is 8.41. The molecule has 0 unspecified atom stereocenters. The van der Waals surface area contributed by atoms with Crippen molar-refractivity contribution in [3.63, 3.8) is 0 Å². The quantitative estimate of drug-likeness (QED) is 0.469. The van der Waals surface area contributed by atoms with Crippen molar-refractivity contribution >= 4 is 35.1 Å². The lowest BCUT2D eigenvalue weighted by Crippen LogP contribution is -2.35. The van der Waals surface area contributed by atoms with E-state index in [0.717, 1.165) is 30.2 Å². The van der Waals surface area contributed by atoms with Gasteiger partial charge in [-0.15, -0.1) is 23.5 Å². The maximum Gasteiger partial charge on any atom is 0.353 e. The number of alkyl halides is 3. The van der Waals surface area contributed by atoms with Crippen LogP contribution < -0.4 is 0 Å². The van der Waals surface area contributed by atoms with Crippen molar-refractivity contribution in [2.75, 3.05) is 38.4 Å². The van der Waals surface area contributed by atoms with E-state index in [-0.39, 0.29) is 11.5 Å². The Morgan fingerprint density at radius 3 is 2.19 bits per heavy atom. The summed E-state index contributed by atoms with van der Waals surface area (Å²) < 4.78 is 70.7. The van der Waals surface area contributed by atoms with Crippen molar-refractivity contribution < 1.29 is 31.8 Å². The predicted octanol–water partition coefficient (Wildman–Crippen LogP) is 4.98. The molecular weight excluding hydrogens is 428 g/mol. The van der Waals surface area contributed by atoms with Crippen LogP contribution in [-0.2, 0) is 19.6 Å². The zero-order valence-electron chi connectivity index (χ0n) is 14.4. The van der Waals surface area contributed by atoms with Gasteiger partial charge in [0.2, 0.25) is 0 Å². The molecule has 2 fully saturated rings. The maximum absolute atomic E-state index is 13.9. The summed E-state index contributed by atoms with van der Waals surface area (Å²) in [4.78, 5) is 0. The highest BCUT2D eigenvalue weighted by Crippen LogP contribution is 2.42. The van der Waals surface area contributed by atoms with Crippen LogP contribution in [-0.4, -0.2) is 43.0 Å². The predicted molar refractivity (Wildman–Crippen MR) is 98.3 cm³/mol. The summed E-state index contributed by atoms with van der Waals surface area (Å²) in [6, 6.07) is 1.55. The standard InChI is InChI=1S/C17H19ClF4O3S2/c1-23-4-9-7-26-16(27-8-9)11-5-24-15(25-6-11)10-2-12(19)14(13(20)3-10)17(18,21)22/h2-3,9,11,15-16H,4-8H2,1H3. The zero-order chi connectivity index (χ0) is 19.6. The first-order chi connectivity index (χ1) is 12.8. The summed E-state index contributed by atoms with van der Waals surface area (Å²) in [5.74, 6) is -0.208. The van der Waals surface area contributed by atoms with Gasteiger partial charge in [0.05, 0.1) is 24.4 Å². The molecule has 1 aromatic carbocycles. The van der Waals surface area contributed by atoms with Crippen LogP contribution in [0.1, 0.15) is 17.4 Å². The molecular formula is C17H19ClF4O3S2. The van der Waals surface area contributed by atoms with Gasteiger partial charge in [0, 0.05) is 36.0 Å². The highest BCUT2D eigenvalue weighted by atomic mass is 35.5. The number of hydrogen-bond acceptors (Lipinski definition) is 5. The van der Waals surface area contributed by atoms with Crippen molar-refractivity contribution in [2.45, 2.75) is 16.3 Å². The molecule has 2 aliphatic rings. The third-order valence-electron chi connectivity index (χ3n) is 4.32. The van der Waals surface area contributed by atoms with Crippen molar-refractivity contribution in [1.82, 2.24) is 0 Å². The summed E-state index contributed by atoms with van der Waals surface area (Å²) in [5, 5.41) is -4.12. The van der Waals surface area contributed by atoms with Crippen LogP contribution in [0.4, 0.5) is 17.6 Å². The third kappa shape index (κ3) is 5.25. The van der Waals surface area contributed by atoms with E-state index < -0.39 is 28.9 Å². The normalized spacial score (nSPS) is 29.7. The molecule has 0 radical (unpaired) electrons. The number of thioether (sulfide) groups is 2. The summed E-state index contributed by atoms with van der Waals surface area (Å²) in [6.07, 6.45) is -0.997. The van der Waals surface area contributed by atoms with Gasteiger partial charge in [0.25, 0.3) is 0 Å². The average Bonchev–Trinajstić information content (AvgIpc) is 2.61. The van der Waals surface area contributed by atoms with E-state index in [9.17, 15) is 17.6 Å². The average molecular weight is 447 g/mol. The number of halogens is 5. The summed E-state index contributed by atoms with van der Waals surface area (Å²) in [6.45, 7) is 1.46. The van der Waals surface area contributed by atoms with Gasteiger partial charge in [-0.3, -0.25) is 0 Å². The molecule has 0 saturated carbocycles. The lowest BCUT2D eigenvalue weighted by atomic mass is 10.1. The van der Waals surface area contributed by atoms with Crippen molar-refractivity contribution in [2.24, 2.45) is 11.8 Å². The van der Waals surface area contributed by atoms with Crippen LogP contribution in [0, 0.1) is 23.5 Å². The molecule has 0 aromatic heterocycles. The van der Waals surface area contributed by atoms with Gasteiger partial charge in [-0.05, 0) is 23.7 Å². The Bertz CT molecular complexity index is 623. The fraction of sp³-hybridized carbons (Fsp3) is 0.647. The van der Waals surface area contributed by atoms with Crippen molar-refractivity contribution in [1.29, 1.82) is 0 Å². The zero-order valence-corrected chi connectivity index (χ0v) is 16.8. The fourth-order valence-corrected chi connectivity index (χ4v) is 6.43. The molecule has 0 aliphatic carbocycles. The Morgan fingerprint density at radius 2 is 1.70 bits per heavy atom. The second kappa shape index (κ2) is 9.09. The molecule has 27 heavy (non-hydrogen) atoms. The van der Waals surface area contributed by atoms with E-state index in [2.05, 4.69) is 0 Å². The van der Waals surface area contributed by atoms with Crippen LogP contribution in [0.15, 0.2) is 12.1 Å².